The number of nitrogens with one attached hydrogen (secondary N) is 4. The Hall–Kier alpha value is -4.24. The quantitative estimate of drug-likeness (QED) is 0.243. The summed E-state index contributed by atoms with van der Waals surface area (Å²) in [6, 6.07) is 19.7. The van der Waals surface area contributed by atoms with Gasteiger partial charge in [-0.3, -0.25) is 4.79 Å². The Morgan fingerprint density at radius 3 is 2.71 bits per heavy atom. The van der Waals surface area contributed by atoms with Gasteiger partial charge in [-0.2, -0.15) is 0 Å². The van der Waals surface area contributed by atoms with Crippen molar-refractivity contribution in [2.75, 3.05) is 24.2 Å². The lowest BCUT2D eigenvalue weighted by molar-refractivity contribution is 0.0950. The molecule has 0 aliphatic carbocycles. The molecule has 0 unspecified atom stereocenters. The van der Waals surface area contributed by atoms with Crippen molar-refractivity contribution in [3.8, 4) is 10.6 Å². The fraction of sp³-hybridized carbons (Fsp3) is 0.154. The summed E-state index contributed by atoms with van der Waals surface area (Å²) >= 11 is 1.56. The topological polar surface area (TPSA) is 108 Å². The van der Waals surface area contributed by atoms with Gasteiger partial charge in [0, 0.05) is 36.4 Å². The third kappa shape index (κ3) is 5.15. The molecule has 0 aliphatic heterocycles. The Labute approximate surface area is 206 Å². The minimum absolute atomic E-state index is 0.122. The molecule has 9 heteroatoms. The van der Waals surface area contributed by atoms with E-state index < -0.39 is 0 Å². The highest BCUT2D eigenvalue weighted by molar-refractivity contribution is 7.19. The number of carbonyl (C=O) groups excluding carboxylic acids is 1. The first-order chi connectivity index (χ1) is 17.1. The summed E-state index contributed by atoms with van der Waals surface area (Å²) in [5.74, 6) is 0.374. The lowest BCUT2D eigenvalue weighted by Gasteiger charge is -2.06. The Kier molecular flexibility index (Phi) is 6.40. The highest BCUT2D eigenvalue weighted by Gasteiger charge is 2.13. The van der Waals surface area contributed by atoms with Crippen molar-refractivity contribution < 1.29 is 4.79 Å². The van der Waals surface area contributed by atoms with Crippen LogP contribution >= 0.6 is 11.3 Å². The lowest BCUT2D eigenvalue weighted by atomic mass is 10.1. The number of thiazole rings is 1. The van der Waals surface area contributed by atoms with Gasteiger partial charge in [0.15, 0.2) is 5.13 Å². The molecule has 5 rings (SSSR count). The number of fused-ring (bicyclic) bond motifs is 1. The third-order valence-corrected chi connectivity index (χ3v) is 6.76. The van der Waals surface area contributed by atoms with Gasteiger partial charge < -0.3 is 20.9 Å². The zero-order valence-electron chi connectivity index (χ0n) is 19.4. The van der Waals surface area contributed by atoms with Crippen LogP contribution < -0.4 is 16.0 Å². The summed E-state index contributed by atoms with van der Waals surface area (Å²) in [7, 11) is 1.85. The van der Waals surface area contributed by atoms with Crippen LogP contribution in [0.25, 0.3) is 21.5 Å². The molecule has 2 aromatic carbocycles. The van der Waals surface area contributed by atoms with Gasteiger partial charge in [0.25, 0.3) is 5.91 Å². The molecular weight excluding hydrogens is 458 g/mol. The minimum Gasteiger partial charge on any atom is -0.365 e. The van der Waals surface area contributed by atoms with E-state index >= 15 is 0 Å². The molecule has 3 heterocycles. The largest absolute Gasteiger partial charge is 0.365 e. The summed E-state index contributed by atoms with van der Waals surface area (Å²) in [6.45, 7) is 2.55. The van der Waals surface area contributed by atoms with Crippen molar-refractivity contribution in [2.45, 2.75) is 13.3 Å². The van der Waals surface area contributed by atoms with E-state index in [2.05, 4.69) is 48.0 Å². The number of aromatic nitrogens is 4. The summed E-state index contributed by atoms with van der Waals surface area (Å²) < 4.78 is 0. The van der Waals surface area contributed by atoms with E-state index in [1.807, 2.05) is 62.5 Å². The number of hydrogen-bond acceptors (Lipinski definition) is 7. The predicted octanol–water partition coefficient (Wildman–Crippen LogP) is 5.15. The molecule has 0 fully saturated rings. The molecule has 0 atom stereocenters. The fourth-order valence-electron chi connectivity index (χ4n) is 3.81. The van der Waals surface area contributed by atoms with Crippen LogP contribution in [-0.2, 0) is 6.42 Å². The average Bonchev–Trinajstić information content (AvgIpc) is 3.48. The number of hydrogen-bond donors (Lipinski definition) is 4. The molecule has 176 valence electrons. The number of benzene rings is 2. The molecule has 0 saturated heterocycles. The number of H-pyrrole nitrogens is 1. The van der Waals surface area contributed by atoms with Crippen LogP contribution in [0.5, 0.6) is 0 Å². The van der Waals surface area contributed by atoms with E-state index in [0.717, 1.165) is 44.4 Å². The van der Waals surface area contributed by atoms with Crippen LogP contribution in [0.2, 0.25) is 0 Å². The standard InChI is InChI=1S/C26H25N7OS/c1-16-23(35-26(27-2)30-16)21-11-13-29-25(33-21)31-19-8-9-20-18(14-19)15-22(32-20)24(34)28-12-10-17-6-4-3-5-7-17/h3-9,11,13-15,32H,10,12H2,1-2H3,(H,27,30)(H,28,34)(H,29,31,33). The minimum atomic E-state index is -0.122. The van der Waals surface area contributed by atoms with Gasteiger partial charge in [-0.1, -0.05) is 41.7 Å². The molecule has 5 aromatic rings. The SMILES string of the molecule is CNc1nc(C)c(-c2ccnc(Nc3ccc4[nH]c(C(=O)NCCc5ccccc5)cc4c3)n2)s1. The van der Waals surface area contributed by atoms with E-state index in [9.17, 15) is 4.79 Å². The summed E-state index contributed by atoms with van der Waals surface area (Å²) in [5, 5.41) is 11.1. The van der Waals surface area contributed by atoms with Crippen molar-refractivity contribution in [1.82, 2.24) is 25.3 Å². The highest BCUT2D eigenvalue weighted by Crippen LogP contribution is 2.32. The second-order valence-electron chi connectivity index (χ2n) is 8.05. The van der Waals surface area contributed by atoms with E-state index in [4.69, 9.17) is 0 Å². The second kappa shape index (κ2) is 9.94. The van der Waals surface area contributed by atoms with Crippen molar-refractivity contribution in [2.24, 2.45) is 0 Å². The molecule has 0 bridgehead atoms. The Balaban J connectivity index is 1.28. The summed E-state index contributed by atoms with van der Waals surface area (Å²) in [6.07, 6.45) is 2.52. The van der Waals surface area contributed by atoms with Gasteiger partial charge in [0.05, 0.1) is 16.3 Å². The number of aromatic amines is 1. The molecule has 0 saturated carbocycles. The van der Waals surface area contributed by atoms with E-state index in [1.54, 1.807) is 17.5 Å². The number of nitrogens with zero attached hydrogens (tertiary/aromatic N) is 3. The van der Waals surface area contributed by atoms with Gasteiger partial charge in [0.2, 0.25) is 5.95 Å². The first kappa shape index (κ1) is 22.5. The van der Waals surface area contributed by atoms with Crippen molar-refractivity contribution in [1.29, 1.82) is 0 Å². The Morgan fingerprint density at radius 2 is 1.91 bits per heavy atom. The highest BCUT2D eigenvalue weighted by atomic mass is 32.1. The van der Waals surface area contributed by atoms with Crippen molar-refractivity contribution >= 4 is 44.9 Å². The molecule has 8 nitrogen and oxygen atoms in total. The summed E-state index contributed by atoms with van der Waals surface area (Å²) in [4.78, 5) is 30.3. The smallest absolute Gasteiger partial charge is 0.267 e. The molecular formula is C26H25N7OS. The maximum Gasteiger partial charge on any atom is 0.267 e. The molecule has 0 spiro atoms. The van der Waals surface area contributed by atoms with Crippen LogP contribution in [0, 0.1) is 6.92 Å². The maximum atomic E-state index is 12.6. The fourth-order valence-corrected chi connectivity index (χ4v) is 4.70. The normalized spacial score (nSPS) is 10.9. The predicted molar refractivity (Wildman–Crippen MR) is 141 cm³/mol. The summed E-state index contributed by atoms with van der Waals surface area (Å²) in [5.41, 5.74) is 5.19. The molecule has 4 N–H and O–H groups in total. The monoisotopic (exact) mass is 483 g/mol. The van der Waals surface area contributed by atoms with Crippen molar-refractivity contribution in [3.63, 3.8) is 0 Å². The van der Waals surface area contributed by atoms with Crippen LogP contribution in [0.1, 0.15) is 21.7 Å². The first-order valence-electron chi connectivity index (χ1n) is 11.3. The van der Waals surface area contributed by atoms with Crippen LogP contribution in [-0.4, -0.2) is 39.4 Å². The first-order valence-corrected chi connectivity index (χ1v) is 12.1. The number of aryl methyl sites for hydroxylation is 1. The zero-order chi connectivity index (χ0) is 24.2. The number of rotatable bonds is 8. The molecule has 3 aromatic heterocycles. The number of anilines is 3. The van der Waals surface area contributed by atoms with Gasteiger partial charge in [-0.05, 0) is 49.2 Å². The van der Waals surface area contributed by atoms with Crippen molar-refractivity contribution in [3.05, 3.63) is 83.8 Å². The number of carbonyl (C=O) groups is 1. The zero-order valence-corrected chi connectivity index (χ0v) is 20.2. The van der Waals surface area contributed by atoms with Gasteiger partial charge in [0.1, 0.15) is 5.69 Å². The van der Waals surface area contributed by atoms with E-state index in [0.29, 0.717) is 18.2 Å². The average molecular weight is 484 g/mol. The molecule has 0 aliphatic rings. The van der Waals surface area contributed by atoms with Crippen LogP contribution in [0.4, 0.5) is 16.8 Å². The second-order valence-corrected chi connectivity index (χ2v) is 9.05. The van der Waals surface area contributed by atoms with Gasteiger partial charge in [-0.25, -0.2) is 15.0 Å². The molecule has 0 radical (unpaired) electrons. The Morgan fingerprint density at radius 1 is 1.06 bits per heavy atom. The molecule has 35 heavy (non-hydrogen) atoms. The maximum absolute atomic E-state index is 12.6. The van der Waals surface area contributed by atoms with Crippen LogP contribution in [0.3, 0.4) is 0 Å². The van der Waals surface area contributed by atoms with E-state index in [1.165, 1.54) is 5.56 Å². The van der Waals surface area contributed by atoms with Gasteiger partial charge >= 0.3 is 0 Å². The number of amides is 1. The van der Waals surface area contributed by atoms with Crippen LogP contribution in [0.15, 0.2) is 66.9 Å². The van der Waals surface area contributed by atoms with E-state index in [-0.39, 0.29) is 5.91 Å². The third-order valence-electron chi connectivity index (χ3n) is 5.56. The lowest BCUT2D eigenvalue weighted by Crippen LogP contribution is -2.25. The Bertz CT molecular complexity index is 1480. The molecule has 1 amide bonds. The van der Waals surface area contributed by atoms with Gasteiger partial charge in [-0.15, -0.1) is 0 Å².